The molecule has 0 saturated carbocycles. The van der Waals surface area contributed by atoms with Gasteiger partial charge in [-0.3, -0.25) is 0 Å². The average molecular weight is 393 g/mol. The molecule has 1 aliphatic rings. The maximum absolute atomic E-state index is 12.8. The number of rotatable bonds is 4. The predicted octanol–water partition coefficient (Wildman–Crippen LogP) is 3.75. The molecule has 1 aliphatic heterocycles. The number of para-hydroxylation sites is 1. The number of benzene rings is 2. The van der Waals surface area contributed by atoms with Gasteiger partial charge in [0.1, 0.15) is 11.4 Å². The zero-order valence-electron chi connectivity index (χ0n) is 15.7. The molecule has 2 aromatic rings. The van der Waals surface area contributed by atoms with Gasteiger partial charge in [0.25, 0.3) is 0 Å². The van der Waals surface area contributed by atoms with Crippen molar-refractivity contribution in [2.45, 2.75) is 31.5 Å². The highest BCUT2D eigenvalue weighted by atomic mass is 19.4. The summed E-state index contributed by atoms with van der Waals surface area (Å²) in [6, 6.07) is 13.2. The second-order valence-electron chi connectivity index (χ2n) is 7.03. The lowest BCUT2D eigenvalue weighted by molar-refractivity contribution is -0.213. The Kier molecular flexibility index (Phi) is 5.65. The number of halogens is 3. The Labute approximate surface area is 161 Å². The normalized spacial score (nSPS) is 19.5. The third kappa shape index (κ3) is 4.30. The number of ether oxygens (including phenoxy) is 2. The van der Waals surface area contributed by atoms with Crippen LogP contribution in [0.1, 0.15) is 29.2 Å². The largest absolute Gasteiger partial charge is 0.496 e. The lowest BCUT2D eigenvalue weighted by atomic mass is 9.88. The summed E-state index contributed by atoms with van der Waals surface area (Å²) in [5.41, 5.74) is 1.92. The highest BCUT2D eigenvalue weighted by Gasteiger charge is 2.46. The van der Waals surface area contributed by atoms with Crippen LogP contribution in [0.5, 0.6) is 5.75 Å². The fraction of sp³-hybridized carbons (Fsp3) is 0.381. The summed E-state index contributed by atoms with van der Waals surface area (Å²) in [6.45, 7) is 2.22. The smallest absolute Gasteiger partial charge is 0.490 e. The number of esters is 1. The van der Waals surface area contributed by atoms with Crippen LogP contribution < -0.4 is 10.1 Å². The summed E-state index contributed by atoms with van der Waals surface area (Å²) >= 11 is 0. The highest BCUT2D eigenvalue weighted by Crippen LogP contribution is 2.34. The molecule has 0 aromatic heterocycles. The Morgan fingerprint density at radius 1 is 1.21 bits per heavy atom. The second-order valence-corrected chi connectivity index (χ2v) is 7.03. The molecule has 0 unspecified atom stereocenters. The molecule has 1 N–H and O–H groups in total. The van der Waals surface area contributed by atoms with Crippen LogP contribution in [0.15, 0.2) is 42.5 Å². The molecule has 3 rings (SSSR count). The summed E-state index contributed by atoms with van der Waals surface area (Å²) in [5, 5.41) is 3.06. The lowest BCUT2D eigenvalue weighted by Crippen LogP contribution is -2.42. The minimum atomic E-state index is -5.04. The summed E-state index contributed by atoms with van der Waals surface area (Å²) < 4.78 is 48.7. The minimum Gasteiger partial charge on any atom is -0.496 e. The fourth-order valence-corrected chi connectivity index (χ4v) is 3.51. The first-order chi connectivity index (χ1) is 13.2. The van der Waals surface area contributed by atoms with Crippen molar-refractivity contribution in [3.63, 3.8) is 0 Å². The first kappa shape index (κ1) is 20.2. The molecule has 150 valence electrons. The molecule has 1 heterocycles. The summed E-state index contributed by atoms with van der Waals surface area (Å²) in [5.74, 6) is -1.44. The molecule has 0 bridgehead atoms. The van der Waals surface area contributed by atoms with Gasteiger partial charge in [-0.1, -0.05) is 36.4 Å². The number of carbonyl (C=O) groups excluding carboxylic acids is 1. The zero-order valence-corrected chi connectivity index (χ0v) is 15.7. The van der Waals surface area contributed by atoms with E-state index in [2.05, 4.69) is 5.32 Å². The monoisotopic (exact) mass is 393 g/mol. The van der Waals surface area contributed by atoms with E-state index >= 15 is 0 Å². The summed E-state index contributed by atoms with van der Waals surface area (Å²) in [7, 11) is 1.59. The molecule has 1 atom stereocenters. The van der Waals surface area contributed by atoms with Crippen LogP contribution in [0.4, 0.5) is 13.2 Å². The Morgan fingerprint density at radius 3 is 2.68 bits per heavy atom. The Balaban J connectivity index is 1.96. The second kappa shape index (κ2) is 7.83. The van der Waals surface area contributed by atoms with Crippen molar-refractivity contribution in [2.24, 2.45) is 0 Å². The number of alkyl halides is 3. The van der Waals surface area contributed by atoms with Gasteiger partial charge >= 0.3 is 12.1 Å². The Morgan fingerprint density at radius 2 is 1.96 bits per heavy atom. The third-order valence-corrected chi connectivity index (χ3v) is 4.91. The van der Waals surface area contributed by atoms with Crippen molar-refractivity contribution < 1.29 is 27.4 Å². The molecule has 0 amide bonds. The molecule has 0 fully saturated rings. The number of fused-ring (bicyclic) bond motifs is 1. The molecule has 28 heavy (non-hydrogen) atoms. The standard InChI is InChI=1S/C21H22F3NO3/c1-20(28-19(26)21(22,23)24)13-25-10-9-15-8-7-14(12-17(15)20)11-16-5-3-4-6-18(16)27-2/h3-8,12,25H,9-11,13H2,1-2H3/t20-/m1/s1. The quantitative estimate of drug-likeness (QED) is 0.804. The molecule has 0 saturated heterocycles. The molecule has 0 spiro atoms. The van der Waals surface area contributed by atoms with Crippen molar-refractivity contribution >= 4 is 5.97 Å². The zero-order chi connectivity index (χ0) is 20.4. The van der Waals surface area contributed by atoms with Crippen LogP contribution in [-0.2, 0) is 28.0 Å². The third-order valence-electron chi connectivity index (χ3n) is 4.91. The van der Waals surface area contributed by atoms with E-state index in [-0.39, 0.29) is 6.54 Å². The van der Waals surface area contributed by atoms with Gasteiger partial charge in [0.15, 0.2) is 0 Å². The minimum absolute atomic E-state index is 0.111. The number of methoxy groups -OCH3 is 1. The van der Waals surface area contributed by atoms with E-state index < -0.39 is 17.7 Å². The van der Waals surface area contributed by atoms with Crippen molar-refractivity contribution in [2.75, 3.05) is 20.2 Å². The summed E-state index contributed by atoms with van der Waals surface area (Å²) in [6.07, 6.45) is -3.85. The van der Waals surface area contributed by atoms with Crippen LogP contribution in [-0.4, -0.2) is 32.3 Å². The van der Waals surface area contributed by atoms with Gasteiger partial charge in [-0.15, -0.1) is 0 Å². The van der Waals surface area contributed by atoms with E-state index in [4.69, 9.17) is 9.47 Å². The fourth-order valence-electron chi connectivity index (χ4n) is 3.51. The average Bonchev–Trinajstić information content (AvgIpc) is 2.81. The van der Waals surface area contributed by atoms with Crippen molar-refractivity contribution in [1.29, 1.82) is 0 Å². The maximum atomic E-state index is 12.8. The molecule has 0 aliphatic carbocycles. The van der Waals surface area contributed by atoms with E-state index in [9.17, 15) is 18.0 Å². The first-order valence-electron chi connectivity index (χ1n) is 8.98. The number of carbonyl (C=O) groups is 1. The SMILES string of the molecule is COc1ccccc1Cc1ccc2c(c1)[C@](C)(OC(=O)C(F)(F)F)CNCC2. The lowest BCUT2D eigenvalue weighted by Gasteiger charge is -2.31. The van der Waals surface area contributed by atoms with Gasteiger partial charge in [0.2, 0.25) is 0 Å². The van der Waals surface area contributed by atoms with Gasteiger partial charge in [-0.2, -0.15) is 13.2 Å². The Hall–Kier alpha value is -2.54. The highest BCUT2D eigenvalue weighted by molar-refractivity contribution is 5.76. The van der Waals surface area contributed by atoms with Gasteiger partial charge < -0.3 is 14.8 Å². The molecule has 0 radical (unpaired) electrons. The number of nitrogens with one attached hydrogen (secondary N) is 1. The molecule has 7 heteroatoms. The van der Waals surface area contributed by atoms with E-state index in [0.717, 1.165) is 22.4 Å². The van der Waals surface area contributed by atoms with Gasteiger partial charge in [0.05, 0.1) is 7.11 Å². The van der Waals surface area contributed by atoms with E-state index in [1.807, 2.05) is 42.5 Å². The predicted molar refractivity (Wildman–Crippen MR) is 98.3 cm³/mol. The topological polar surface area (TPSA) is 47.6 Å². The van der Waals surface area contributed by atoms with E-state index in [1.165, 1.54) is 6.92 Å². The molecule has 2 aromatic carbocycles. The van der Waals surface area contributed by atoms with Gasteiger partial charge in [-0.25, -0.2) is 4.79 Å². The van der Waals surface area contributed by atoms with Crippen molar-refractivity contribution in [3.05, 3.63) is 64.7 Å². The molecular weight excluding hydrogens is 371 g/mol. The number of hydrogen-bond donors (Lipinski definition) is 1. The van der Waals surface area contributed by atoms with Crippen LogP contribution in [0.2, 0.25) is 0 Å². The van der Waals surface area contributed by atoms with Crippen LogP contribution >= 0.6 is 0 Å². The van der Waals surface area contributed by atoms with Gasteiger partial charge in [0, 0.05) is 18.5 Å². The number of hydrogen-bond acceptors (Lipinski definition) is 4. The molecule has 4 nitrogen and oxygen atoms in total. The van der Waals surface area contributed by atoms with Crippen molar-refractivity contribution in [3.8, 4) is 5.75 Å². The first-order valence-corrected chi connectivity index (χ1v) is 8.98. The summed E-state index contributed by atoms with van der Waals surface area (Å²) in [4.78, 5) is 11.5. The van der Waals surface area contributed by atoms with E-state index in [1.54, 1.807) is 7.11 Å². The maximum Gasteiger partial charge on any atom is 0.490 e. The van der Waals surface area contributed by atoms with Gasteiger partial charge in [-0.05, 0) is 42.6 Å². The Bertz CT molecular complexity index is 866. The van der Waals surface area contributed by atoms with E-state index in [0.29, 0.717) is 24.9 Å². The van der Waals surface area contributed by atoms with Crippen molar-refractivity contribution in [1.82, 2.24) is 5.32 Å². The molecular formula is C21H22F3NO3. The van der Waals surface area contributed by atoms with Crippen LogP contribution in [0, 0.1) is 0 Å². The van der Waals surface area contributed by atoms with Crippen LogP contribution in [0.3, 0.4) is 0 Å². The van der Waals surface area contributed by atoms with Crippen LogP contribution in [0.25, 0.3) is 0 Å².